The molecule has 7 nitrogen and oxygen atoms in total. The van der Waals surface area contributed by atoms with Crippen LogP contribution in [0.25, 0.3) is 0 Å². The molecular weight excluding hydrogens is 274 g/mol. The van der Waals surface area contributed by atoms with Crippen LogP contribution in [0, 0.1) is 24.0 Å². The maximum absolute atomic E-state index is 11.1. The minimum absolute atomic E-state index is 0.142. The number of benzene rings is 1. The van der Waals surface area contributed by atoms with Crippen LogP contribution in [0.1, 0.15) is 21.6 Å². The van der Waals surface area contributed by atoms with Crippen LogP contribution in [0.4, 0.5) is 17.1 Å². The SMILES string of the molecule is Cc1ncccc1Nc1cc(C(=O)O)cc([N+](=O)[O-])c1C. The number of aryl methyl sites for hydroxylation is 1. The first-order valence-electron chi connectivity index (χ1n) is 6.11. The molecule has 0 radical (unpaired) electrons. The highest BCUT2D eigenvalue weighted by molar-refractivity contribution is 5.91. The van der Waals surface area contributed by atoms with Crippen molar-refractivity contribution < 1.29 is 14.8 Å². The lowest BCUT2D eigenvalue weighted by atomic mass is 10.1. The molecule has 0 aliphatic rings. The molecule has 1 aromatic carbocycles. The van der Waals surface area contributed by atoms with Gasteiger partial charge in [-0.15, -0.1) is 0 Å². The third-order valence-corrected chi connectivity index (χ3v) is 3.10. The van der Waals surface area contributed by atoms with Gasteiger partial charge in [-0.3, -0.25) is 15.1 Å². The molecule has 0 aliphatic heterocycles. The molecule has 2 rings (SSSR count). The number of hydrogen-bond acceptors (Lipinski definition) is 5. The van der Waals surface area contributed by atoms with Crippen LogP contribution >= 0.6 is 0 Å². The van der Waals surface area contributed by atoms with E-state index in [-0.39, 0.29) is 11.3 Å². The van der Waals surface area contributed by atoms with Gasteiger partial charge in [0.1, 0.15) is 0 Å². The third kappa shape index (κ3) is 2.97. The summed E-state index contributed by atoms with van der Waals surface area (Å²) in [7, 11) is 0. The van der Waals surface area contributed by atoms with Crippen molar-refractivity contribution in [2.45, 2.75) is 13.8 Å². The van der Waals surface area contributed by atoms with E-state index in [2.05, 4.69) is 10.3 Å². The van der Waals surface area contributed by atoms with Gasteiger partial charge in [0.15, 0.2) is 0 Å². The van der Waals surface area contributed by atoms with Crippen molar-refractivity contribution in [2.75, 3.05) is 5.32 Å². The number of nitro benzene ring substituents is 1. The Balaban J connectivity index is 2.55. The zero-order chi connectivity index (χ0) is 15.6. The summed E-state index contributed by atoms with van der Waals surface area (Å²) >= 11 is 0. The summed E-state index contributed by atoms with van der Waals surface area (Å²) in [6.45, 7) is 3.35. The normalized spacial score (nSPS) is 10.2. The molecule has 0 fully saturated rings. The van der Waals surface area contributed by atoms with Crippen molar-refractivity contribution in [2.24, 2.45) is 0 Å². The average molecular weight is 287 g/mol. The molecule has 21 heavy (non-hydrogen) atoms. The molecule has 2 aromatic rings. The Morgan fingerprint density at radius 2 is 2.05 bits per heavy atom. The van der Waals surface area contributed by atoms with E-state index in [9.17, 15) is 14.9 Å². The average Bonchev–Trinajstić information content (AvgIpc) is 2.42. The van der Waals surface area contributed by atoms with Crippen molar-refractivity contribution in [3.05, 3.63) is 57.4 Å². The van der Waals surface area contributed by atoms with E-state index in [4.69, 9.17) is 5.11 Å². The monoisotopic (exact) mass is 287 g/mol. The van der Waals surface area contributed by atoms with Gasteiger partial charge in [-0.2, -0.15) is 0 Å². The second kappa shape index (κ2) is 5.58. The van der Waals surface area contributed by atoms with E-state index >= 15 is 0 Å². The maximum atomic E-state index is 11.1. The van der Waals surface area contributed by atoms with E-state index in [0.29, 0.717) is 22.6 Å². The van der Waals surface area contributed by atoms with Crippen molar-refractivity contribution in [3.63, 3.8) is 0 Å². The van der Waals surface area contributed by atoms with Crippen LogP contribution in [-0.2, 0) is 0 Å². The summed E-state index contributed by atoms with van der Waals surface area (Å²) in [5, 5.41) is 23.1. The summed E-state index contributed by atoms with van der Waals surface area (Å²) in [6.07, 6.45) is 1.63. The molecule has 2 N–H and O–H groups in total. The van der Waals surface area contributed by atoms with E-state index in [1.807, 2.05) is 0 Å². The number of aromatic nitrogens is 1. The fourth-order valence-corrected chi connectivity index (χ4v) is 1.90. The van der Waals surface area contributed by atoms with Crippen LogP contribution in [0.15, 0.2) is 30.5 Å². The van der Waals surface area contributed by atoms with Gasteiger partial charge in [0.25, 0.3) is 5.69 Å². The van der Waals surface area contributed by atoms with Crippen LogP contribution in [-0.4, -0.2) is 21.0 Å². The molecular formula is C14H13N3O4. The molecule has 0 atom stereocenters. The lowest BCUT2D eigenvalue weighted by Crippen LogP contribution is -2.04. The molecule has 0 saturated heterocycles. The van der Waals surface area contributed by atoms with Gasteiger partial charge in [0.2, 0.25) is 0 Å². The van der Waals surface area contributed by atoms with E-state index in [1.165, 1.54) is 6.07 Å². The topological polar surface area (TPSA) is 105 Å². The predicted octanol–water partition coefficient (Wildman–Crippen LogP) is 3.05. The van der Waals surface area contributed by atoms with Gasteiger partial charge >= 0.3 is 5.97 Å². The van der Waals surface area contributed by atoms with E-state index in [1.54, 1.807) is 32.2 Å². The van der Waals surface area contributed by atoms with Gasteiger partial charge in [-0.1, -0.05) is 0 Å². The Morgan fingerprint density at radius 1 is 1.33 bits per heavy atom. The first-order chi connectivity index (χ1) is 9.90. The Labute approximate surface area is 120 Å². The third-order valence-electron chi connectivity index (χ3n) is 3.10. The molecule has 0 unspecified atom stereocenters. The Morgan fingerprint density at radius 3 is 2.62 bits per heavy atom. The Kier molecular flexibility index (Phi) is 3.84. The number of nitrogens with one attached hydrogen (secondary N) is 1. The second-order valence-electron chi connectivity index (χ2n) is 4.49. The number of aromatic carboxylic acids is 1. The van der Waals surface area contributed by atoms with Crippen LogP contribution in [0.2, 0.25) is 0 Å². The maximum Gasteiger partial charge on any atom is 0.336 e. The lowest BCUT2D eigenvalue weighted by molar-refractivity contribution is -0.385. The van der Waals surface area contributed by atoms with Crippen LogP contribution in [0.3, 0.4) is 0 Å². The van der Waals surface area contributed by atoms with Crippen molar-refractivity contribution in [1.29, 1.82) is 0 Å². The molecule has 1 aromatic heterocycles. The highest BCUT2D eigenvalue weighted by Crippen LogP contribution is 2.30. The highest BCUT2D eigenvalue weighted by atomic mass is 16.6. The zero-order valence-electron chi connectivity index (χ0n) is 11.5. The second-order valence-corrected chi connectivity index (χ2v) is 4.49. The molecule has 108 valence electrons. The smallest absolute Gasteiger partial charge is 0.336 e. The lowest BCUT2D eigenvalue weighted by Gasteiger charge is -2.12. The van der Waals surface area contributed by atoms with Crippen molar-refractivity contribution in [1.82, 2.24) is 4.98 Å². The number of anilines is 2. The Hall–Kier alpha value is -2.96. The summed E-state index contributed by atoms with van der Waals surface area (Å²) in [5.74, 6) is -1.22. The number of carboxylic acid groups (broad SMARTS) is 1. The molecule has 0 amide bonds. The predicted molar refractivity (Wildman–Crippen MR) is 77.0 cm³/mol. The first-order valence-corrected chi connectivity index (χ1v) is 6.11. The summed E-state index contributed by atoms with van der Waals surface area (Å²) < 4.78 is 0. The minimum atomic E-state index is -1.22. The van der Waals surface area contributed by atoms with Gasteiger partial charge < -0.3 is 10.4 Å². The fourth-order valence-electron chi connectivity index (χ4n) is 1.90. The van der Waals surface area contributed by atoms with Gasteiger partial charge in [-0.05, 0) is 32.0 Å². The first kappa shape index (κ1) is 14.4. The summed E-state index contributed by atoms with van der Waals surface area (Å²) in [5.41, 5.74) is 1.74. The fraction of sp³-hybridized carbons (Fsp3) is 0.143. The largest absolute Gasteiger partial charge is 0.478 e. The quantitative estimate of drug-likeness (QED) is 0.661. The van der Waals surface area contributed by atoms with Crippen molar-refractivity contribution >= 4 is 23.0 Å². The minimum Gasteiger partial charge on any atom is -0.478 e. The summed E-state index contributed by atoms with van der Waals surface area (Å²) in [4.78, 5) is 25.6. The van der Waals surface area contributed by atoms with E-state index < -0.39 is 10.9 Å². The van der Waals surface area contributed by atoms with Crippen LogP contribution < -0.4 is 5.32 Å². The number of nitrogens with zero attached hydrogens (tertiary/aromatic N) is 2. The van der Waals surface area contributed by atoms with Gasteiger partial charge in [0.05, 0.1) is 27.4 Å². The van der Waals surface area contributed by atoms with Gasteiger partial charge in [0, 0.05) is 18.0 Å². The summed E-state index contributed by atoms with van der Waals surface area (Å²) in [6, 6.07) is 5.91. The van der Waals surface area contributed by atoms with Gasteiger partial charge in [-0.25, -0.2) is 4.79 Å². The van der Waals surface area contributed by atoms with Crippen molar-refractivity contribution in [3.8, 4) is 0 Å². The number of rotatable bonds is 4. The number of pyridine rings is 1. The molecule has 0 aliphatic carbocycles. The molecule has 0 bridgehead atoms. The number of nitro groups is 1. The number of carbonyl (C=O) groups is 1. The zero-order valence-corrected chi connectivity index (χ0v) is 11.5. The van der Waals surface area contributed by atoms with Crippen LogP contribution in [0.5, 0.6) is 0 Å². The standard InChI is InChI=1S/C14H13N3O4/c1-8-12(16-11-4-3-5-15-9(11)2)6-10(14(18)19)7-13(8)17(20)21/h3-7,16H,1-2H3,(H,18,19). The molecule has 0 spiro atoms. The highest BCUT2D eigenvalue weighted by Gasteiger charge is 2.19. The molecule has 1 heterocycles. The molecule has 7 heteroatoms. The Bertz CT molecular complexity index is 728. The molecule has 0 saturated carbocycles. The van der Waals surface area contributed by atoms with E-state index in [0.717, 1.165) is 6.07 Å². The number of hydrogen-bond donors (Lipinski definition) is 2. The number of carboxylic acids is 1.